The molecule has 0 heterocycles. The number of ether oxygens (including phenoxy) is 2. The topological polar surface area (TPSA) is 195 Å². The van der Waals surface area contributed by atoms with E-state index in [4.69, 9.17) is 9.84 Å². The number of hydrogen-bond acceptors (Lipinski definition) is 10. The first-order valence-corrected chi connectivity index (χ1v) is 24.5. The molecule has 0 fully saturated rings. The quantitative estimate of drug-likeness (QED) is 0.0418. The van der Waals surface area contributed by atoms with Crippen LogP contribution in [-0.4, -0.2) is 71.4 Å². The van der Waals surface area contributed by atoms with Gasteiger partial charge in [-0.15, -0.1) is 0 Å². The van der Waals surface area contributed by atoms with Crippen LogP contribution in [0.2, 0.25) is 0 Å². The smallest absolute Gasteiger partial charge is 0.332 e. The van der Waals surface area contributed by atoms with Crippen LogP contribution in [0.5, 0.6) is 0 Å². The molecule has 0 spiro atoms. The molecule has 0 aromatic heterocycles. The van der Waals surface area contributed by atoms with Gasteiger partial charge >= 0.3 is 23.9 Å². The van der Waals surface area contributed by atoms with Crippen molar-refractivity contribution in [1.29, 1.82) is 0 Å². The first-order valence-electron chi connectivity index (χ1n) is 24.5. The number of allylic oxidation sites excluding steroid dienone is 1. The number of carboxylic acids is 2. The molecule has 2 aliphatic carbocycles. The van der Waals surface area contributed by atoms with Gasteiger partial charge in [0.15, 0.2) is 23.1 Å². The van der Waals surface area contributed by atoms with E-state index in [1.54, 1.807) is 73.7 Å². The summed E-state index contributed by atoms with van der Waals surface area (Å²) in [5, 5.41) is 17.5. The highest BCUT2D eigenvalue weighted by molar-refractivity contribution is 6.30. The fourth-order valence-electron chi connectivity index (χ4n) is 8.77. The molecule has 0 bridgehead atoms. The van der Waals surface area contributed by atoms with Crippen LogP contribution in [0.15, 0.2) is 116 Å². The van der Waals surface area contributed by atoms with Crippen molar-refractivity contribution in [2.24, 2.45) is 11.8 Å². The predicted octanol–water partition coefficient (Wildman–Crippen LogP) is 12.6. The Morgan fingerprint density at radius 3 is 1.39 bits per heavy atom. The van der Waals surface area contributed by atoms with Crippen molar-refractivity contribution in [2.75, 3.05) is 14.2 Å². The number of rotatable bonds is 20. The fraction of sp³-hybridized carbons (Fsp3) is 0.367. The summed E-state index contributed by atoms with van der Waals surface area (Å²) < 4.78 is 9.29. The maximum absolute atomic E-state index is 13.7. The third-order valence-electron chi connectivity index (χ3n) is 12.6. The number of benzene rings is 4. The van der Waals surface area contributed by atoms with E-state index in [2.05, 4.69) is 38.3 Å². The Kier molecular flexibility index (Phi) is 23.8. The second-order valence-electron chi connectivity index (χ2n) is 18.1. The molecule has 2 aliphatic rings. The van der Waals surface area contributed by atoms with Crippen LogP contribution >= 0.6 is 0 Å². The van der Waals surface area contributed by atoms with Gasteiger partial charge in [0, 0.05) is 55.7 Å². The number of ketones is 4. The Hall–Kier alpha value is -7.34. The van der Waals surface area contributed by atoms with Gasteiger partial charge in [-0.1, -0.05) is 163 Å². The molecule has 72 heavy (non-hydrogen) atoms. The molecule has 3 atom stereocenters. The number of hydrogen-bond donors (Lipinski definition) is 2. The lowest BCUT2D eigenvalue weighted by molar-refractivity contribution is -0.146. The van der Waals surface area contributed by atoms with Crippen molar-refractivity contribution < 1.29 is 58.0 Å². The standard InChI is InChI=1S/C34H44O6.C17H12O2.C5H8O2.C4H6O2/c1-4-6-14-24(33(37)38)16-8-7-15-23(17-11-18-25(13-5-2)34(39)40-3)26-21-12-22-29-30(26)32(36)28-20-10-9-19-27(28)31(29)35;1-10(2)11-8-5-9-14-15(11)17(19)13-7-4-3-6-12(13)16(14)18;1-4(2)5(6)7-3;1-3(2)4(5)6/h9-10,12,19-25H,4-8,11,13-18H2,1-3H3,(H,37,38);3-9H,1H2,2H3;1H2,2-3H3;1H2,2H3,(H,5,6). The van der Waals surface area contributed by atoms with Crippen molar-refractivity contribution in [3.05, 3.63) is 171 Å². The molecule has 0 saturated carbocycles. The minimum absolute atomic E-state index is 0.0239. The van der Waals surface area contributed by atoms with Crippen LogP contribution in [0, 0.1) is 11.8 Å². The number of unbranched alkanes of at least 4 members (excludes halogenated alkanes) is 2. The van der Waals surface area contributed by atoms with Crippen LogP contribution < -0.4 is 0 Å². The number of carbonyl (C=O) groups excluding carboxylic acids is 6. The predicted molar refractivity (Wildman–Crippen MR) is 280 cm³/mol. The van der Waals surface area contributed by atoms with Crippen LogP contribution in [0.25, 0.3) is 5.57 Å². The summed E-state index contributed by atoms with van der Waals surface area (Å²) in [5.41, 5.74) is 6.81. The van der Waals surface area contributed by atoms with Gasteiger partial charge < -0.3 is 19.7 Å². The molecule has 4 aromatic rings. The van der Waals surface area contributed by atoms with E-state index in [1.165, 1.54) is 21.1 Å². The van der Waals surface area contributed by atoms with Gasteiger partial charge in [-0.05, 0) is 76.3 Å². The summed E-state index contributed by atoms with van der Waals surface area (Å²) in [7, 11) is 2.76. The largest absolute Gasteiger partial charge is 0.481 e. The maximum Gasteiger partial charge on any atom is 0.332 e. The van der Waals surface area contributed by atoms with Gasteiger partial charge in [-0.2, -0.15) is 0 Å². The van der Waals surface area contributed by atoms with Crippen LogP contribution in [0.4, 0.5) is 0 Å². The second kappa shape index (κ2) is 29.1. The molecule has 12 nitrogen and oxygen atoms in total. The minimum atomic E-state index is -0.935. The van der Waals surface area contributed by atoms with Gasteiger partial charge in [0.05, 0.1) is 26.1 Å². The number of fused-ring (bicyclic) bond motifs is 4. The molecule has 0 saturated heterocycles. The van der Waals surface area contributed by atoms with E-state index in [0.29, 0.717) is 69.3 Å². The summed E-state index contributed by atoms with van der Waals surface area (Å²) in [6.07, 6.45) is 9.58. The van der Waals surface area contributed by atoms with Gasteiger partial charge in [0.1, 0.15) is 0 Å². The normalized spacial score (nSPS) is 12.9. The molecule has 0 amide bonds. The van der Waals surface area contributed by atoms with Gasteiger partial charge in [0.2, 0.25) is 0 Å². The van der Waals surface area contributed by atoms with Crippen molar-refractivity contribution in [2.45, 2.75) is 118 Å². The molecule has 382 valence electrons. The summed E-state index contributed by atoms with van der Waals surface area (Å²) >= 11 is 0. The summed E-state index contributed by atoms with van der Waals surface area (Å²) in [5.74, 6) is -3.06. The molecule has 2 N–H and O–H groups in total. The van der Waals surface area contributed by atoms with E-state index in [1.807, 2.05) is 25.1 Å². The lowest BCUT2D eigenvalue weighted by atomic mass is 9.76. The monoisotopic (exact) mass is 982 g/mol. The molecular weight excluding hydrogens is 913 g/mol. The SMILES string of the molecule is C=C(C)C(=O)O.C=C(C)C(=O)OC.C=C(C)c1cccc2c1C(=O)c1ccccc1C2=O.CCCCC(CCCCC(CCCC(CCC)C(=O)OC)c1cccc2c1C(=O)c1ccccc1C2=O)C(=O)O. The van der Waals surface area contributed by atoms with Gasteiger partial charge in [-0.25, -0.2) is 9.59 Å². The number of carbonyl (C=O) groups is 8. The maximum atomic E-state index is 13.7. The van der Waals surface area contributed by atoms with E-state index in [9.17, 15) is 43.5 Å². The highest BCUT2D eigenvalue weighted by Gasteiger charge is 2.34. The average molecular weight is 983 g/mol. The Balaban J connectivity index is 0.000000347. The van der Waals surface area contributed by atoms with E-state index >= 15 is 0 Å². The van der Waals surface area contributed by atoms with Gasteiger partial charge in [-0.3, -0.25) is 28.8 Å². The lowest BCUT2D eigenvalue weighted by Crippen LogP contribution is -2.23. The van der Waals surface area contributed by atoms with Gasteiger partial charge in [0.25, 0.3) is 0 Å². The molecule has 6 rings (SSSR count). The van der Waals surface area contributed by atoms with Crippen LogP contribution in [0.1, 0.15) is 192 Å². The molecule has 12 heteroatoms. The van der Waals surface area contributed by atoms with Crippen molar-refractivity contribution in [3.8, 4) is 0 Å². The van der Waals surface area contributed by atoms with E-state index in [-0.39, 0.29) is 58.4 Å². The third kappa shape index (κ3) is 15.8. The van der Waals surface area contributed by atoms with Crippen molar-refractivity contribution >= 4 is 52.6 Å². The van der Waals surface area contributed by atoms with Crippen molar-refractivity contribution in [3.63, 3.8) is 0 Å². The fourth-order valence-corrected chi connectivity index (χ4v) is 8.77. The first-order chi connectivity index (χ1) is 34.3. The Labute approximate surface area is 424 Å². The lowest BCUT2D eigenvalue weighted by Gasteiger charge is -2.25. The van der Waals surface area contributed by atoms with Crippen LogP contribution in [0.3, 0.4) is 0 Å². The molecular formula is C60H70O12. The molecule has 4 aromatic carbocycles. The number of carboxylic acid groups (broad SMARTS) is 2. The Morgan fingerprint density at radius 2 is 0.944 bits per heavy atom. The first kappa shape index (κ1) is 59.0. The highest BCUT2D eigenvalue weighted by atomic mass is 16.5. The summed E-state index contributed by atoms with van der Waals surface area (Å²) in [6.45, 7) is 19.4. The number of aliphatic carboxylic acids is 2. The minimum Gasteiger partial charge on any atom is -0.481 e. The Bertz CT molecular complexity index is 2660. The van der Waals surface area contributed by atoms with E-state index in [0.717, 1.165) is 74.5 Å². The van der Waals surface area contributed by atoms with Crippen molar-refractivity contribution in [1.82, 2.24) is 0 Å². The zero-order valence-electron chi connectivity index (χ0n) is 42.9. The van der Waals surface area contributed by atoms with Crippen LogP contribution in [-0.2, 0) is 28.7 Å². The summed E-state index contributed by atoms with van der Waals surface area (Å²) in [4.78, 5) is 95.9. The molecule has 0 aliphatic heterocycles. The summed E-state index contributed by atoms with van der Waals surface area (Å²) in [6, 6.07) is 24.8. The Morgan fingerprint density at radius 1 is 0.500 bits per heavy atom. The average Bonchev–Trinajstić information content (AvgIpc) is 3.37. The zero-order chi connectivity index (χ0) is 53.7. The second-order valence-corrected chi connectivity index (χ2v) is 18.1. The zero-order valence-corrected chi connectivity index (χ0v) is 42.9. The molecule has 3 unspecified atom stereocenters. The third-order valence-corrected chi connectivity index (χ3v) is 12.6. The van der Waals surface area contributed by atoms with E-state index < -0.39 is 11.9 Å². The molecule has 0 radical (unpaired) electrons. The number of esters is 2. The highest BCUT2D eigenvalue weighted by Crippen LogP contribution is 2.38. The number of methoxy groups -OCH3 is 2.